The molecule has 0 heterocycles. The van der Waals surface area contributed by atoms with Gasteiger partial charge in [-0.25, -0.2) is 0 Å². The van der Waals surface area contributed by atoms with Crippen LogP contribution in [0, 0.1) is 0 Å². The van der Waals surface area contributed by atoms with Gasteiger partial charge in [0.25, 0.3) is 5.91 Å². The molecule has 0 bridgehead atoms. The van der Waals surface area contributed by atoms with E-state index < -0.39 is 0 Å². The van der Waals surface area contributed by atoms with Crippen molar-refractivity contribution in [2.45, 2.75) is 39.8 Å². The molecule has 0 fully saturated rings. The smallest absolute Gasteiger partial charge is 0.255 e. The van der Waals surface area contributed by atoms with Gasteiger partial charge >= 0.3 is 0 Å². The van der Waals surface area contributed by atoms with Gasteiger partial charge in [0.1, 0.15) is 5.75 Å². The minimum absolute atomic E-state index is 0.0246. The molecule has 1 rings (SSSR count). The van der Waals surface area contributed by atoms with E-state index in [0.717, 1.165) is 11.0 Å². The van der Waals surface area contributed by atoms with Crippen molar-refractivity contribution in [1.82, 2.24) is 10.6 Å². The molecule has 4 nitrogen and oxygen atoms in total. The second-order valence-corrected chi connectivity index (χ2v) is 5.89. The van der Waals surface area contributed by atoms with Crippen LogP contribution < -0.4 is 15.4 Å². The average molecular weight is 343 g/mol. The third-order valence-electron chi connectivity index (χ3n) is 2.67. The van der Waals surface area contributed by atoms with Gasteiger partial charge in [-0.1, -0.05) is 22.9 Å². The average Bonchev–Trinajstić information content (AvgIpc) is 2.36. The molecular formula is C15H23BrN2O2. The zero-order chi connectivity index (χ0) is 15.1. The normalized spacial score (nSPS) is 12.3. The van der Waals surface area contributed by atoms with Crippen LogP contribution in [0.3, 0.4) is 0 Å². The van der Waals surface area contributed by atoms with Crippen LogP contribution in [0.1, 0.15) is 38.1 Å². The molecule has 0 aliphatic heterocycles. The van der Waals surface area contributed by atoms with Crippen molar-refractivity contribution in [3.8, 4) is 5.75 Å². The summed E-state index contributed by atoms with van der Waals surface area (Å²) in [5, 5.41) is 6.17. The quantitative estimate of drug-likeness (QED) is 0.800. The maximum Gasteiger partial charge on any atom is 0.255 e. The van der Waals surface area contributed by atoms with Crippen LogP contribution in [0.4, 0.5) is 0 Å². The molecule has 1 aromatic carbocycles. The monoisotopic (exact) mass is 342 g/mol. The standard InChI is InChI=1S/C15H23BrN2O2/c1-5-17-11(4)9-18-15(19)13-7-6-12(16)8-14(13)20-10(2)3/h6-8,10-11,17H,5,9H2,1-4H3,(H,18,19)/t11-/m1/s1. The first-order chi connectivity index (χ1) is 9.43. The van der Waals surface area contributed by atoms with Crippen LogP contribution in [-0.2, 0) is 0 Å². The Morgan fingerprint density at radius 3 is 2.65 bits per heavy atom. The minimum Gasteiger partial charge on any atom is -0.490 e. The van der Waals surface area contributed by atoms with E-state index in [1.54, 1.807) is 6.07 Å². The Kier molecular flexibility index (Phi) is 7.02. The van der Waals surface area contributed by atoms with Crippen LogP contribution in [0.25, 0.3) is 0 Å². The summed E-state index contributed by atoms with van der Waals surface area (Å²) in [7, 11) is 0. The first-order valence-corrected chi connectivity index (χ1v) is 7.71. The molecule has 0 aliphatic carbocycles. The van der Waals surface area contributed by atoms with Gasteiger partial charge in [0.05, 0.1) is 11.7 Å². The zero-order valence-electron chi connectivity index (χ0n) is 12.5. The highest BCUT2D eigenvalue weighted by molar-refractivity contribution is 9.10. The van der Waals surface area contributed by atoms with Gasteiger partial charge in [-0.15, -0.1) is 0 Å². The van der Waals surface area contributed by atoms with Crippen molar-refractivity contribution < 1.29 is 9.53 Å². The summed E-state index contributed by atoms with van der Waals surface area (Å²) in [5.41, 5.74) is 0.561. The highest BCUT2D eigenvalue weighted by Crippen LogP contribution is 2.24. The fraction of sp³-hybridized carbons (Fsp3) is 0.533. The summed E-state index contributed by atoms with van der Waals surface area (Å²) >= 11 is 3.40. The molecule has 112 valence electrons. The molecule has 0 saturated carbocycles. The van der Waals surface area contributed by atoms with Gasteiger partial charge in [0.2, 0.25) is 0 Å². The molecule has 0 saturated heterocycles. The number of nitrogens with one attached hydrogen (secondary N) is 2. The van der Waals surface area contributed by atoms with Crippen molar-refractivity contribution >= 4 is 21.8 Å². The lowest BCUT2D eigenvalue weighted by molar-refractivity contribution is 0.0944. The molecular weight excluding hydrogens is 320 g/mol. The fourth-order valence-corrected chi connectivity index (χ4v) is 2.14. The highest BCUT2D eigenvalue weighted by Gasteiger charge is 2.14. The first-order valence-electron chi connectivity index (χ1n) is 6.91. The molecule has 0 radical (unpaired) electrons. The lowest BCUT2D eigenvalue weighted by Crippen LogP contribution is -2.38. The second-order valence-electron chi connectivity index (χ2n) is 4.98. The van der Waals surface area contributed by atoms with Crippen LogP contribution in [0.2, 0.25) is 0 Å². The van der Waals surface area contributed by atoms with Gasteiger partial charge in [-0.05, 0) is 45.5 Å². The number of amides is 1. The van der Waals surface area contributed by atoms with Crippen LogP contribution in [0.15, 0.2) is 22.7 Å². The molecule has 0 spiro atoms. The largest absolute Gasteiger partial charge is 0.490 e. The minimum atomic E-state index is -0.113. The number of likely N-dealkylation sites (N-methyl/N-ethyl adjacent to an activating group) is 1. The van der Waals surface area contributed by atoms with Crippen molar-refractivity contribution in [1.29, 1.82) is 0 Å². The Balaban J connectivity index is 2.76. The molecule has 1 aromatic rings. The Bertz CT molecular complexity index is 449. The molecule has 1 atom stereocenters. The molecule has 20 heavy (non-hydrogen) atoms. The molecule has 5 heteroatoms. The lowest BCUT2D eigenvalue weighted by Gasteiger charge is -2.16. The van der Waals surface area contributed by atoms with Crippen molar-refractivity contribution in [2.24, 2.45) is 0 Å². The van der Waals surface area contributed by atoms with E-state index in [-0.39, 0.29) is 18.1 Å². The van der Waals surface area contributed by atoms with Gasteiger partial charge in [0.15, 0.2) is 0 Å². The van der Waals surface area contributed by atoms with E-state index in [1.165, 1.54) is 0 Å². The topological polar surface area (TPSA) is 50.4 Å². The molecule has 0 unspecified atom stereocenters. The number of hydrogen-bond acceptors (Lipinski definition) is 3. The maximum absolute atomic E-state index is 12.2. The predicted octanol–water partition coefficient (Wildman–Crippen LogP) is 2.96. The van der Waals surface area contributed by atoms with E-state index in [0.29, 0.717) is 17.9 Å². The number of carbonyl (C=O) groups excluding carboxylic acids is 1. The van der Waals surface area contributed by atoms with Crippen molar-refractivity contribution in [2.75, 3.05) is 13.1 Å². The number of benzene rings is 1. The molecule has 1 amide bonds. The third kappa shape index (κ3) is 5.51. The number of halogens is 1. The molecule has 2 N–H and O–H groups in total. The van der Waals surface area contributed by atoms with Gasteiger partial charge in [-0.3, -0.25) is 4.79 Å². The van der Waals surface area contributed by atoms with Crippen molar-refractivity contribution in [3.05, 3.63) is 28.2 Å². The summed E-state index contributed by atoms with van der Waals surface area (Å²) in [4.78, 5) is 12.2. The molecule has 0 aromatic heterocycles. The van der Waals surface area contributed by atoms with Crippen LogP contribution >= 0.6 is 15.9 Å². The van der Waals surface area contributed by atoms with E-state index in [1.807, 2.05) is 39.8 Å². The van der Waals surface area contributed by atoms with Crippen molar-refractivity contribution in [3.63, 3.8) is 0 Å². The first kappa shape index (κ1) is 17.0. The number of rotatable bonds is 7. The van der Waals surface area contributed by atoms with Gasteiger partial charge in [-0.2, -0.15) is 0 Å². The summed E-state index contributed by atoms with van der Waals surface area (Å²) in [5.74, 6) is 0.487. The Labute approximate surface area is 129 Å². The summed E-state index contributed by atoms with van der Waals surface area (Å²) < 4.78 is 6.59. The summed E-state index contributed by atoms with van der Waals surface area (Å²) in [6, 6.07) is 5.68. The summed E-state index contributed by atoms with van der Waals surface area (Å²) in [6.07, 6.45) is 0.0246. The fourth-order valence-electron chi connectivity index (χ4n) is 1.80. The highest BCUT2D eigenvalue weighted by atomic mass is 79.9. The van der Waals surface area contributed by atoms with Crippen LogP contribution in [-0.4, -0.2) is 31.1 Å². The van der Waals surface area contributed by atoms with Gasteiger partial charge < -0.3 is 15.4 Å². The SMILES string of the molecule is CCN[C@H](C)CNC(=O)c1ccc(Br)cc1OC(C)C. The summed E-state index contributed by atoms with van der Waals surface area (Å²) in [6.45, 7) is 9.44. The number of carbonyl (C=O) groups is 1. The van der Waals surface area contributed by atoms with E-state index in [9.17, 15) is 4.79 Å². The Morgan fingerprint density at radius 2 is 2.05 bits per heavy atom. The maximum atomic E-state index is 12.2. The number of ether oxygens (including phenoxy) is 1. The van der Waals surface area contributed by atoms with Crippen LogP contribution in [0.5, 0.6) is 5.75 Å². The van der Waals surface area contributed by atoms with E-state index >= 15 is 0 Å². The number of hydrogen-bond donors (Lipinski definition) is 2. The van der Waals surface area contributed by atoms with E-state index in [2.05, 4.69) is 26.6 Å². The zero-order valence-corrected chi connectivity index (χ0v) is 14.1. The Hall–Kier alpha value is -1.07. The lowest BCUT2D eigenvalue weighted by atomic mass is 10.2. The van der Waals surface area contributed by atoms with Gasteiger partial charge in [0, 0.05) is 17.1 Å². The predicted molar refractivity (Wildman–Crippen MR) is 85.4 cm³/mol. The molecule has 0 aliphatic rings. The second kappa shape index (κ2) is 8.27. The third-order valence-corrected chi connectivity index (χ3v) is 3.17. The van der Waals surface area contributed by atoms with E-state index in [4.69, 9.17) is 4.74 Å². The Morgan fingerprint density at radius 1 is 1.35 bits per heavy atom.